The highest BCUT2D eigenvalue weighted by Gasteiger charge is 2.17. The molecule has 3 nitrogen and oxygen atoms in total. The fraction of sp³-hybridized carbons (Fsp3) is 0.429. The lowest BCUT2D eigenvalue weighted by molar-refractivity contribution is 0.443. The molecule has 2 aromatic carbocycles. The van der Waals surface area contributed by atoms with Crippen LogP contribution < -0.4 is 15.1 Å². The molecule has 0 spiro atoms. The number of hydrogen-bond acceptors (Lipinski definition) is 3. The van der Waals surface area contributed by atoms with E-state index in [2.05, 4.69) is 90.5 Å². The Kier molecular flexibility index (Phi) is 4.98. The maximum atomic E-state index is 3.52. The van der Waals surface area contributed by atoms with Crippen LogP contribution in [0.2, 0.25) is 0 Å². The minimum absolute atomic E-state index is 0.298. The summed E-state index contributed by atoms with van der Waals surface area (Å²) in [5.74, 6) is 0. The minimum Gasteiger partial charge on any atom is -0.385 e. The highest BCUT2D eigenvalue weighted by Crippen LogP contribution is 2.23. The second kappa shape index (κ2) is 7.16. The average Bonchev–Trinajstić information content (AvgIpc) is 2.61. The van der Waals surface area contributed by atoms with Crippen molar-refractivity contribution in [1.29, 1.82) is 0 Å². The molecule has 0 saturated carbocycles. The van der Waals surface area contributed by atoms with Gasteiger partial charge in [-0.25, -0.2) is 0 Å². The van der Waals surface area contributed by atoms with E-state index >= 15 is 0 Å². The zero-order chi connectivity index (χ0) is 17.0. The summed E-state index contributed by atoms with van der Waals surface area (Å²) in [6.45, 7) is 12.0. The first-order valence-corrected chi connectivity index (χ1v) is 8.90. The van der Waals surface area contributed by atoms with Gasteiger partial charge in [0.05, 0.1) is 0 Å². The maximum absolute atomic E-state index is 3.52. The molecule has 3 rings (SSSR count). The van der Waals surface area contributed by atoms with E-state index in [4.69, 9.17) is 0 Å². The molecular formula is C21H29N3. The number of nitrogens with one attached hydrogen (secondary N) is 1. The van der Waals surface area contributed by atoms with Crippen LogP contribution in [0.25, 0.3) is 0 Å². The molecule has 0 radical (unpaired) electrons. The van der Waals surface area contributed by atoms with E-state index < -0.39 is 0 Å². The van der Waals surface area contributed by atoms with Gasteiger partial charge in [-0.15, -0.1) is 0 Å². The highest BCUT2D eigenvalue weighted by molar-refractivity contribution is 5.56. The number of piperazine rings is 1. The summed E-state index contributed by atoms with van der Waals surface area (Å²) in [6, 6.07) is 19.6. The fourth-order valence-corrected chi connectivity index (χ4v) is 3.02. The van der Waals surface area contributed by atoms with Gasteiger partial charge >= 0.3 is 0 Å². The summed E-state index contributed by atoms with van der Waals surface area (Å²) >= 11 is 0. The topological polar surface area (TPSA) is 18.5 Å². The van der Waals surface area contributed by atoms with Gasteiger partial charge in [0, 0.05) is 49.8 Å². The first-order valence-electron chi connectivity index (χ1n) is 8.90. The maximum Gasteiger partial charge on any atom is 0.0368 e. The molecule has 1 N–H and O–H groups in total. The third-order valence-corrected chi connectivity index (χ3v) is 4.46. The van der Waals surface area contributed by atoms with Gasteiger partial charge in [-0.3, -0.25) is 0 Å². The van der Waals surface area contributed by atoms with Crippen LogP contribution in [0.4, 0.5) is 17.1 Å². The summed E-state index contributed by atoms with van der Waals surface area (Å²) in [6.07, 6.45) is 0. The molecule has 0 unspecified atom stereocenters. The molecule has 128 valence electrons. The predicted molar refractivity (Wildman–Crippen MR) is 105 cm³/mol. The summed E-state index contributed by atoms with van der Waals surface area (Å²) in [4.78, 5) is 4.95. The monoisotopic (exact) mass is 323 g/mol. The molecule has 1 fully saturated rings. The van der Waals surface area contributed by atoms with Gasteiger partial charge in [0.25, 0.3) is 0 Å². The van der Waals surface area contributed by atoms with Crippen LogP contribution >= 0.6 is 0 Å². The number of benzene rings is 2. The van der Waals surface area contributed by atoms with Crippen molar-refractivity contribution in [3.63, 3.8) is 0 Å². The Morgan fingerprint density at radius 3 is 1.75 bits per heavy atom. The van der Waals surface area contributed by atoms with Gasteiger partial charge in [-0.05, 0) is 41.8 Å². The van der Waals surface area contributed by atoms with Crippen molar-refractivity contribution in [1.82, 2.24) is 0 Å². The van der Waals surface area contributed by atoms with Gasteiger partial charge < -0.3 is 15.1 Å². The normalized spacial score (nSPS) is 15.5. The van der Waals surface area contributed by atoms with Gasteiger partial charge in [0.2, 0.25) is 0 Å². The second-order valence-corrected chi connectivity index (χ2v) is 7.77. The Hall–Kier alpha value is -2.16. The van der Waals surface area contributed by atoms with Gasteiger partial charge in [0.1, 0.15) is 0 Å². The highest BCUT2D eigenvalue weighted by atomic mass is 15.3. The van der Waals surface area contributed by atoms with E-state index in [1.807, 2.05) is 0 Å². The van der Waals surface area contributed by atoms with Crippen LogP contribution in [-0.2, 0) is 0 Å². The van der Waals surface area contributed by atoms with Crippen LogP contribution in [0.1, 0.15) is 20.8 Å². The smallest absolute Gasteiger partial charge is 0.0368 e. The summed E-state index contributed by atoms with van der Waals surface area (Å²) in [5.41, 5.74) is 4.16. The van der Waals surface area contributed by atoms with Crippen molar-refractivity contribution in [2.45, 2.75) is 20.8 Å². The molecule has 0 aromatic heterocycles. The van der Waals surface area contributed by atoms with Gasteiger partial charge in [0.15, 0.2) is 0 Å². The summed E-state index contributed by atoms with van der Waals surface area (Å²) < 4.78 is 0. The standard InChI is InChI=1S/C21H29N3/c1-21(2,3)17-22-18-9-11-20(12-10-18)24-15-13-23(14-16-24)19-7-5-4-6-8-19/h4-12,22H,13-17H2,1-3H3. The lowest BCUT2D eigenvalue weighted by Gasteiger charge is -2.37. The first kappa shape index (κ1) is 16.7. The summed E-state index contributed by atoms with van der Waals surface area (Å²) in [7, 11) is 0. The fourth-order valence-electron chi connectivity index (χ4n) is 3.02. The Morgan fingerprint density at radius 1 is 0.750 bits per heavy atom. The molecule has 24 heavy (non-hydrogen) atoms. The van der Waals surface area contributed by atoms with Crippen molar-refractivity contribution in [3.05, 3.63) is 54.6 Å². The Labute approximate surface area is 146 Å². The van der Waals surface area contributed by atoms with Crippen molar-refractivity contribution < 1.29 is 0 Å². The molecular weight excluding hydrogens is 294 g/mol. The van der Waals surface area contributed by atoms with E-state index in [9.17, 15) is 0 Å². The molecule has 3 heteroatoms. The molecule has 0 amide bonds. The molecule has 2 aromatic rings. The van der Waals surface area contributed by atoms with E-state index in [-0.39, 0.29) is 0 Å². The molecule has 0 atom stereocenters. The summed E-state index contributed by atoms with van der Waals surface area (Å²) in [5, 5.41) is 3.52. The third kappa shape index (κ3) is 4.44. The predicted octanol–water partition coefficient (Wildman–Crippen LogP) is 4.47. The number of nitrogens with zero attached hydrogens (tertiary/aromatic N) is 2. The zero-order valence-electron chi connectivity index (χ0n) is 15.1. The molecule has 0 bridgehead atoms. The SMILES string of the molecule is CC(C)(C)CNc1ccc(N2CCN(c3ccccc3)CC2)cc1. The zero-order valence-corrected chi connectivity index (χ0v) is 15.1. The van der Waals surface area contributed by atoms with Crippen LogP contribution in [0, 0.1) is 5.41 Å². The van der Waals surface area contributed by atoms with E-state index in [0.29, 0.717) is 5.41 Å². The first-order chi connectivity index (χ1) is 11.5. The van der Waals surface area contributed by atoms with Gasteiger partial charge in [-0.2, -0.15) is 0 Å². The number of para-hydroxylation sites is 1. The quantitative estimate of drug-likeness (QED) is 0.895. The number of hydrogen-bond donors (Lipinski definition) is 1. The molecule has 1 aliphatic heterocycles. The van der Waals surface area contributed by atoms with E-state index in [1.165, 1.54) is 17.1 Å². The van der Waals surface area contributed by atoms with Crippen molar-refractivity contribution in [2.24, 2.45) is 5.41 Å². The van der Waals surface area contributed by atoms with Crippen molar-refractivity contribution in [2.75, 3.05) is 47.8 Å². The van der Waals surface area contributed by atoms with Crippen LogP contribution in [-0.4, -0.2) is 32.7 Å². The lowest BCUT2D eigenvalue weighted by Crippen LogP contribution is -2.46. The number of rotatable bonds is 4. The molecule has 1 aliphatic rings. The molecule has 1 heterocycles. The van der Waals surface area contributed by atoms with Crippen LogP contribution in [0.5, 0.6) is 0 Å². The number of anilines is 3. The Bertz CT molecular complexity index is 620. The molecule has 1 saturated heterocycles. The van der Waals surface area contributed by atoms with Gasteiger partial charge in [-0.1, -0.05) is 39.0 Å². The Balaban J connectivity index is 1.55. The lowest BCUT2D eigenvalue weighted by atomic mass is 9.97. The van der Waals surface area contributed by atoms with Crippen LogP contribution in [0.15, 0.2) is 54.6 Å². The largest absolute Gasteiger partial charge is 0.385 e. The van der Waals surface area contributed by atoms with E-state index in [1.54, 1.807) is 0 Å². The molecule has 0 aliphatic carbocycles. The second-order valence-electron chi connectivity index (χ2n) is 7.77. The Morgan fingerprint density at radius 2 is 1.25 bits per heavy atom. The third-order valence-electron chi connectivity index (χ3n) is 4.46. The van der Waals surface area contributed by atoms with Crippen LogP contribution in [0.3, 0.4) is 0 Å². The van der Waals surface area contributed by atoms with Crippen molar-refractivity contribution >= 4 is 17.1 Å². The minimum atomic E-state index is 0.298. The van der Waals surface area contributed by atoms with E-state index in [0.717, 1.165) is 32.7 Å². The van der Waals surface area contributed by atoms with Crippen molar-refractivity contribution in [3.8, 4) is 0 Å². The average molecular weight is 323 g/mol.